The maximum Gasteiger partial charge on any atom is 0.149 e. The van der Waals surface area contributed by atoms with E-state index in [1.165, 1.54) is 0 Å². The van der Waals surface area contributed by atoms with Crippen molar-refractivity contribution in [3.8, 4) is 12.3 Å². The predicted molar refractivity (Wildman–Crippen MR) is 46.2 cm³/mol. The summed E-state index contributed by atoms with van der Waals surface area (Å²) in [7, 11) is 1.78. The highest BCUT2D eigenvalue weighted by Crippen LogP contribution is 1.97. The minimum absolute atomic E-state index is 0.0345. The molecular weight excluding hydrogens is 138 g/mol. The molecule has 2 nitrogen and oxygen atoms in total. The molecule has 0 saturated carbocycles. The molecule has 11 heavy (non-hydrogen) atoms. The standard InChI is InChI=1S/C9H15NO/c1-4-5-6-7-9(11)8(2)10-3/h1,8,10H,5-7H2,2-3H3. The van der Waals surface area contributed by atoms with Crippen molar-refractivity contribution in [2.45, 2.75) is 32.2 Å². The Hall–Kier alpha value is -0.810. The molecule has 0 amide bonds. The highest BCUT2D eigenvalue weighted by molar-refractivity contribution is 5.83. The van der Waals surface area contributed by atoms with Gasteiger partial charge < -0.3 is 5.32 Å². The fourth-order valence-electron chi connectivity index (χ4n) is 0.742. The molecule has 1 N–H and O–H groups in total. The fourth-order valence-corrected chi connectivity index (χ4v) is 0.742. The molecule has 2 heteroatoms. The first-order chi connectivity index (χ1) is 5.22. The van der Waals surface area contributed by atoms with Crippen molar-refractivity contribution in [2.24, 2.45) is 0 Å². The molecule has 0 radical (unpaired) electrons. The monoisotopic (exact) mass is 153 g/mol. The van der Waals surface area contributed by atoms with Crippen LogP contribution in [0.2, 0.25) is 0 Å². The summed E-state index contributed by atoms with van der Waals surface area (Å²) in [5.74, 6) is 2.75. The van der Waals surface area contributed by atoms with Gasteiger partial charge in [0.05, 0.1) is 6.04 Å². The summed E-state index contributed by atoms with van der Waals surface area (Å²) in [4.78, 5) is 11.1. The smallest absolute Gasteiger partial charge is 0.149 e. The normalized spacial score (nSPS) is 12.1. The Morgan fingerprint density at radius 1 is 1.73 bits per heavy atom. The predicted octanol–water partition coefficient (Wildman–Crippen LogP) is 0.967. The topological polar surface area (TPSA) is 29.1 Å². The minimum Gasteiger partial charge on any atom is -0.311 e. The summed E-state index contributed by atoms with van der Waals surface area (Å²) < 4.78 is 0. The van der Waals surface area contributed by atoms with E-state index >= 15 is 0 Å². The molecular formula is C9H15NO. The number of ketones is 1. The third-order valence-electron chi connectivity index (χ3n) is 1.66. The molecule has 0 rings (SSSR count). The molecule has 0 bridgehead atoms. The Bertz CT molecular complexity index is 157. The van der Waals surface area contributed by atoms with Crippen LogP contribution in [-0.2, 0) is 4.79 Å². The van der Waals surface area contributed by atoms with E-state index in [0.29, 0.717) is 12.8 Å². The lowest BCUT2D eigenvalue weighted by molar-refractivity contribution is -0.120. The lowest BCUT2D eigenvalue weighted by Gasteiger charge is -2.06. The number of unbranched alkanes of at least 4 members (excludes halogenated alkanes) is 1. The van der Waals surface area contributed by atoms with Crippen LogP contribution in [0.15, 0.2) is 0 Å². The quantitative estimate of drug-likeness (QED) is 0.471. The Labute approximate surface area is 68.4 Å². The van der Waals surface area contributed by atoms with Crippen molar-refractivity contribution in [1.29, 1.82) is 0 Å². The van der Waals surface area contributed by atoms with Crippen molar-refractivity contribution in [3.05, 3.63) is 0 Å². The first-order valence-electron chi connectivity index (χ1n) is 3.85. The van der Waals surface area contributed by atoms with Crippen LogP contribution in [0, 0.1) is 12.3 Å². The lowest BCUT2D eigenvalue weighted by Crippen LogP contribution is -2.30. The van der Waals surface area contributed by atoms with Gasteiger partial charge in [0.2, 0.25) is 0 Å². The maximum atomic E-state index is 11.1. The maximum absolute atomic E-state index is 11.1. The zero-order chi connectivity index (χ0) is 8.69. The van der Waals surface area contributed by atoms with Gasteiger partial charge in [-0.1, -0.05) is 0 Å². The van der Waals surface area contributed by atoms with Crippen LogP contribution >= 0.6 is 0 Å². The van der Waals surface area contributed by atoms with Gasteiger partial charge >= 0.3 is 0 Å². The molecule has 1 unspecified atom stereocenters. The molecule has 0 aliphatic heterocycles. The highest BCUT2D eigenvalue weighted by atomic mass is 16.1. The van der Waals surface area contributed by atoms with E-state index in [9.17, 15) is 4.79 Å². The van der Waals surface area contributed by atoms with Gasteiger partial charge in [0.25, 0.3) is 0 Å². The number of rotatable bonds is 5. The molecule has 0 aromatic heterocycles. The van der Waals surface area contributed by atoms with Crippen molar-refractivity contribution in [3.63, 3.8) is 0 Å². The first kappa shape index (κ1) is 10.2. The number of nitrogens with one attached hydrogen (secondary N) is 1. The van der Waals surface area contributed by atoms with Crippen LogP contribution in [0.3, 0.4) is 0 Å². The van der Waals surface area contributed by atoms with Gasteiger partial charge in [0, 0.05) is 12.8 Å². The summed E-state index contributed by atoms with van der Waals surface area (Å²) in [6, 6.07) is -0.0345. The van der Waals surface area contributed by atoms with E-state index in [0.717, 1.165) is 6.42 Å². The van der Waals surface area contributed by atoms with Crippen molar-refractivity contribution < 1.29 is 4.79 Å². The highest BCUT2D eigenvalue weighted by Gasteiger charge is 2.08. The van der Waals surface area contributed by atoms with Gasteiger partial charge in [-0.3, -0.25) is 4.79 Å². The summed E-state index contributed by atoms with van der Waals surface area (Å²) in [5.41, 5.74) is 0. The van der Waals surface area contributed by atoms with E-state index in [-0.39, 0.29) is 11.8 Å². The van der Waals surface area contributed by atoms with E-state index in [1.54, 1.807) is 7.05 Å². The van der Waals surface area contributed by atoms with E-state index in [1.807, 2.05) is 6.92 Å². The SMILES string of the molecule is C#CCCCC(=O)C(C)NC. The Balaban J connectivity index is 3.46. The number of carbonyl (C=O) groups excluding carboxylic acids is 1. The molecule has 0 spiro atoms. The number of likely N-dealkylation sites (N-methyl/N-ethyl adjacent to an activating group) is 1. The number of Topliss-reactive ketones (excluding diaryl/α,β-unsaturated/α-hetero) is 1. The molecule has 0 aliphatic carbocycles. The third kappa shape index (κ3) is 4.58. The van der Waals surface area contributed by atoms with Crippen LogP contribution in [0.5, 0.6) is 0 Å². The average Bonchev–Trinajstić information content (AvgIpc) is 2.03. The molecule has 0 heterocycles. The lowest BCUT2D eigenvalue weighted by atomic mass is 10.1. The van der Waals surface area contributed by atoms with Crippen molar-refractivity contribution in [1.82, 2.24) is 5.32 Å². The second-order valence-electron chi connectivity index (χ2n) is 2.53. The van der Waals surface area contributed by atoms with Gasteiger partial charge in [0.1, 0.15) is 5.78 Å². The van der Waals surface area contributed by atoms with Gasteiger partial charge in [-0.05, 0) is 20.4 Å². The number of hydrogen-bond acceptors (Lipinski definition) is 2. The summed E-state index contributed by atoms with van der Waals surface area (Å²) in [5, 5.41) is 2.89. The van der Waals surface area contributed by atoms with Gasteiger partial charge in [-0.2, -0.15) is 0 Å². The molecule has 0 aromatic rings. The summed E-state index contributed by atoms with van der Waals surface area (Å²) in [6.45, 7) is 1.86. The Kier molecular flexibility index (Phi) is 5.50. The molecule has 0 aromatic carbocycles. The molecule has 0 saturated heterocycles. The van der Waals surface area contributed by atoms with E-state index in [2.05, 4.69) is 11.2 Å². The van der Waals surface area contributed by atoms with Crippen LogP contribution in [0.4, 0.5) is 0 Å². The summed E-state index contributed by atoms with van der Waals surface area (Å²) in [6.07, 6.45) is 7.14. The first-order valence-corrected chi connectivity index (χ1v) is 3.85. The summed E-state index contributed by atoms with van der Waals surface area (Å²) >= 11 is 0. The van der Waals surface area contributed by atoms with Gasteiger partial charge in [0.15, 0.2) is 0 Å². The van der Waals surface area contributed by atoms with Gasteiger partial charge in [-0.15, -0.1) is 12.3 Å². The number of hydrogen-bond donors (Lipinski definition) is 1. The van der Waals surface area contributed by atoms with Crippen LogP contribution in [0.25, 0.3) is 0 Å². The third-order valence-corrected chi connectivity index (χ3v) is 1.66. The Morgan fingerprint density at radius 3 is 2.82 bits per heavy atom. The number of terminal acetylenes is 1. The number of carbonyl (C=O) groups is 1. The second kappa shape index (κ2) is 5.94. The van der Waals surface area contributed by atoms with E-state index < -0.39 is 0 Å². The van der Waals surface area contributed by atoms with Crippen LogP contribution in [-0.4, -0.2) is 18.9 Å². The zero-order valence-corrected chi connectivity index (χ0v) is 7.18. The van der Waals surface area contributed by atoms with Crippen LogP contribution in [0.1, 0.15) is 26.2 Å². The molecule has 1 atom stereocenters. The van der Waals surface area contributed by atoms with E-state index in [4.69, 9.17) is 6.42 Å². The largest absolute Gasteiger partial charge is 0.311 e. The second-order valence-corrected chi connectivity index (χ2v) is 2.53. The van der Waals surface area contributed by atoms with Crippen molar-refractivity contribution >= 4 is 5.78 Å². The van der Waals surface area contributed by atoms with Crippen LogP contribution < -0.4 is 5.32 Å². The molecule has 0 fully saturated rings. The van der Waals surface area contributed by atoms with Crippen molar-refractivity contribution in [2.75, 3.05) is 7.05 Å². The Morgan fingerprint density at radius 2 is 2.36 bits per heavy atom. The average molecular weight is 153 g/mol. The molecule has 62 valence electrons. The zero-order valence-electron chi connectivity index (χ0n) is 7.18. The van der Waals surface area contributed by atoms with Gasteiger partial charge in [-0.25, -0.2) is 0 Å². The minimum atomic E-state index is -0.0345. The fraction of sp³-hybridized carbons (Fsp3) is 0.667. The molecule has 0 aliphatic rings.